The Morgan fingerprint density at radius 2 is 2.12 bits per heavy atom. The van der Waals surface area contributed by atoms with Crippen molar-refractivity contribution >= 4 is 12.3 Å². The molecule has 0 fully saturated rings. The van der Waals surface area contributed by atoms with Crippen LogP contribution in [0.4, 0.5) is 0 Å². The molecule has 16 heavy (non-hydrogen) atoms. The lowest BCUT2D eigenvalue weighted by molar-refractivity contribution is -0.107. The van der Waals surface area contributed by atoms with E-state index < -0.39 is 0 Å². The zero-order valence-corrected chi connectivity index (χ0v) is 9.92. The maximum absolute atomic E-state index is 11.6. The van der Waals surface area contributed by atoms with Crippen LogP contribution in [0.1, 0.15) is 40.7 Å². The van der Waals surface area contributed by atoms with Crippen LogP contribution in [0.15, 0.2) is 0 Å². The molecular formula is C12H17NO3. The van der Waals surface area contributed by atoms with Gasteiger partial charge in [0.1, 0.15) is 12.0 Å². The summed E-state index contributed by atoms with van der Waals surface area (Å²) in [6, 6.07) is 0. The summed E-state index contributed by atoms with van der Waals surface area (Å²) >= 11 is 0. The first kappa shape index (κ1) is 12.5. The number of hydrogen-bond donors (Lipinski definition) is 1. The number of rotatable bonds is 5. The van der Waals surface area contributed by atoms with Crippen LogP contribution in [0.2, 0.25) is 0 Å². The van der Waals surface area contributed by atoms with E-state index in [9.17, 15) is 9.59 Å². The molecule has 4 heteroatoms. The first-order valence-corrected chi connectivity index (χ1v) is 5.40. The van der Waals surface area contributed by atoms with E-state index in [1.165, 1.54) is 0 Å². The van der Waals surface area contributed by atoms with Crippen LogP contribution in [-0.2, 0) is 16.0 Å². The third-order valence-electron chi connectivity index (χ3n) is 2.58. The molecule has 1 aromatic heterocycles. The molecule has 0 aliphatic carbocycles. The van der Waals surface area contributed by atoms with Gasteiger partial charge in [-0.1, -0.05) is 0 Å². The van der Waals surface area contributed by atoms with Gasteiger partial charge in [-0.3, -0.25) is 0 Å². The first-order valence-electron chi connectivity index (χ1n) is 5.40. The molecule has 0 aromatic carbocycles. The normalized spacial score (nSPS) is 10.2. The third kappa shape index (κ3) is 2.51. The predicted octanol–water partition coefficient (Wildman–Crippen LogP) is 1.94. The van der Waals surface area contributed by atoms with Gasteiger partial charge in [0, 0.05) is 12.1 Å². The molecule has 0 aliphatic rings. The van der Waals surface area contributed by atoms with Crippen LogP contribution < -0.4 is 0 Å². The van der Waals surface area contributed by atoms with Crippen molar-refractivity contribution in [2.45, 2.75) is 33.6 Å². The highest BCUT2D eigenvalue weighted by Gasteiger charge is 2.17. The van der Waals surface area contributed by atoms with Crippen molar-refractivity contribution in [1.29, 1.82) is 0 Å². The van der Waals surface area contributed by atoms with E-state index >= 15 is 0 Å². The summed E-state index contributed by atoms with van der Waals surface area (Å²) in [6.07, 6.45) is 2.02. The highest BCUT2D eigenvalue weighted by atomic mass is 16.5. The summed E-state index contributed by atoms with van der Waals surface area (Å²) in [5.41, 5.74) is 3.36. The molecular weight excluding hydrogens is 206 g/mol. The first-order chi connectivity index (χ1) is 7.61. The van der Waals surface area contributed by atoms with Gasteiger partial charge in [-0.25, -0.2) is 4.79 Å². The van der Waals surface area contributed by atoms with Crippen molar-refractivity contribution in [1.82, 2.24) is 4.98 Å². The molecule has 0 aliphatic heterocycles. The molecule has 4 nitrogen and oxygen atoms in total. The van der Waals surface area contributed by atoms with E-state index in [1.54, 1.807) is 6.92 Å². The van der Waals surface area contributed by atoms with Crippen LogP contribution >= 0.6 is 0 Å². The minimum absolute atomic E-state index is 0.333. The molecule has 0 amide bonds. The second-order valence-corrected chi connectivity index (χ2v) is 3.65. The number of hydrogen-bond acceptors (Lipinski definition) is 3. The highest BCUT2D eigenvalue weighted by Crippen LogP contribution is 2.19. The number of esters is 1. The van der Waals surface area contributed by atoms with E-state index in [2.05, 4.69) is 4.98 Å². The maximum Gasteiger partial charge on any atom is 0.355 e. The third-order valence-corrected chi connectivity index (χ3v) is 2.58. The van der Waals surface area contributed by atoms with E-state index in [1.807, 2.05) is 13.8 Å². The minimum atomic E-state index is -0.333. The smallest absolute Gasteiger partial charge is 0.355 e. The molecule has 0 spiro atoms. The van der Waals surface area contributed by atoms with Crippen molar-refractivity contribution < 1.29 is 14.3 Å². The number of ether oxygens (including phenoxy) is 1. The van der Waals surface area contributed by atoms with Gasteiger partial charge in [0.15, 0.2) is 0 Å². The average Bonchev–Trinajstić information content (AvgIpc) is 2.53. The van der Waals surface area contributed by atoms with Crippen molar-refractivity contribution in [3.63, 3.8) is 0 Å². The van der Waals surface area contributed by atoms with E-state index in [0.29, 0.717) is 25.1 Å². The molecule has 0 radical (unpaired) electrons. The monoisotopic (exact) mass is 223 g/mol. The van der Waals surface area contributed by atoms with Crippen LogP contribution in [-0.4, -0.2) is 23.8 Å². The number of aldehydes is 1. The topological polar surface area (TPSA) is 59.2 Å². The van der Waals surface area contributed by atoms with Crippen LogP contribution in [0.25, 0.3) is 0 Å². The number of aromatic nitrogens is 1. The molecule has 0 atom stereocenters. The summed E-state index contributed by atoms with van der Waals surface area (Å²) in [5.74, 6) is -0.333. The fourth-order valence-electron chi connectivity index (χ4n) is 1.77. The Hall–Kier alpha value is -1.58. The lowest BCUT2D eigenvalue weighted by Crippen LogP contribution is -2.06. The zero-order valence-electron chi connectivity index (χ0n) is 9.92. The maximum atomic E-state index is 11.6. The molecule has 0 saturated carbocycles. The second-order valence-electron chi connectivity index (χ2n) is 3.65. The quantitative estimate of drug-likeness (QED) is 0.613. The lowest BCUT2D eigenvalue weighted by Gasteiger charge is -2.01. The van der Waals surface area contributed by atoms with E-state index in [0.717, 1.165) is 23.1 Å². The largest absolute Gasteiger partial charge is 0.461 e. The second kappa shape index (κ2) is 5.49. The van der Waals surface area contributed by atoms with Crippen LogP contribution in [0.5, 0.6) is 0 Å². The zero-order chi connectivity index (χ0) is 12.1. The molecule has 1 rings (SSSR count). The molecule has 0 bridgehead atoms. The summed E-state index contributed by atoms with van der Waals surface area (Å²) in [4.78, 5) is 24.9. The number of aryl methyl sites for hydroxylation is 1. The average molecular weight is 223 g/mol. The summed E-state index contributed by atoms with van der Waals surface area (Å²) in [5, 5.41) is 0. The van der Waals surface area contributed by atoms with Crippen LogP contribution in [0, 0.1) is 13.8 Å². The molecule has 1 heterocycles. The van der Waals surface area contributed by atoms with Gasteiger partial charge >= 0.3 is 5.97 Å². The molecule has 1 aromatic rings. The Kier molecular flexibility index (Phi) is 4.28. The van der Waals surface area contributed by atoms with Gasteiger partial charge in [-0.2, -0.15) is 0 Å². The number of nitrogens with one attached hydrogen (secondary N) is 1. The summed E-state index contributed by atoms with van der Waals surface area (Å²) in [7, 11) is 0. The van der Waals surface area contributed by atoms with Gasteiger partial charge in [0.2, 0.25) is 0 Å². The Balaban J connectivity index is 2.96. The van der Waals surface area contributed by atoms with Gasteiger partial charge in [0.05, 0.1) is 6.61 Å². The van der Waals surface area contributed by atoms with Crippen LogP contribution in [0.3, 0.4) is 0 Å². The number of aromatic amines is 1. The number of carbonyl (C=O) groups excluding carboxylic acids is 2. The molecule has 0 unspecified atom stereocenters. The van der Waals surface area contributed by atoms with Crippen molar-refractivity contribution in [3.8, 4) is 0 Å². The van der Waals surface area contributed by atoms with Crippen molar-refractivity contribution in [3.05, 3.63) is 22.5 Å². The van der Waals surface area contributed by atoms with Gasteiger partial charge in [-0.05, 0) is 38.3 Å². The Bertz CT molecular complexity index is 393. The van der Waals surface area contributed by atoms with E-state index in [-0.39, 0.29) is 5.97 Å². The SMILES string of the molecule is CCOC(=O)c1[nH]c(C)c(CCC=O)c1C. The lowest BCUT2D eigenvalue weighted by atomic mass is 10.1. The summed E-state index contributed by atoms with van der Waals surface area (Å²) < 4.78 is 4.94. The van der Waals surface area contributed by atoms with Crippen molar-refractivity contribution in [2.75, 3.05) is 6.61 Å². The highest BCUT2D eigenvalue weighted by molar-refractivity contribution is 5.89. The van der Waals surface area contributed by atoms with E-state index in [4.69, 9.17) is 4.74 Å². The number of carbonyl (C=O) groups is 2. The Morgan fingerprint density at radius 1 is 1.44 bits per heavy atom. The minimum Gasteiger partial charge on any atom is -0.461 e. The number of H-pyrrole nitrogens is 1. The predicted molar refractivity (Wildman–Crippen MR) is 60.6 cm³/mol. The molecule has 88 valence electrons. The molecule has 0 saturated heterocycles. The van der Waals surface area contributed by atoms with Gasteiger partial charge in [-0.15, -0.1) is 0 Å². The fraction of sp³-hybridized carbons (Fsp3) is 0.500. The fourth-order valence-corrected chi connectivity index (χ4v) is 1.77. The molecule has 1 N–H and O–H groups in total. The van der Waals surface area contributed by atoms with Gasteiger partial charge in [0.25, 0.3) is 0 Å². The standard InChI is InChI=1S/C12H17NO3/c1-4-16-12(15)11-8(2)10(6-5-7-14)9(3)13-11/h7,13H,4-6H2,1-3H3. The Labute approximate surface area is 95.0 Å². The van der Waals surface area contributed by atoms with Gasteiger partial charge < -0.3 is 14.5 Å². The summed E-state index contributed by atoms with van der Waals surface area (Å²) in [6.45, 7) is 5.90. The van der Waals surface area contributed by atoms with Crippen molar-refractivity contribution in [2.24, 2.45) is 0 Å². The Morgan fingerprint density at radius 3 is 2.69 bits per heavy atom.